The van der Waals surface area contributed by atoms with E-state index >= 15 is 0 Å². The largest absolute Gasteiger partial charge is 0.417 e. The number of aromatic nitrogens is 2. The fourth-order valence-corrected chi connectivity index (χ4v) is 4.73. The number of aryl methyl sites for hydroxylation is 1. The van der Waals surface area contributed by atoms with Crippen molar-refractivity contribution in [1.82, 2.24) is 14.3 Å². The van der Waals surface area contributed by atoms with Gasteiger partial charge in [-0.1, -0.05) is 12.1 Å². The van der Waals surface area contributed by atoms with Gasteiger partial charge in [0.25, 0.3) is 0 Å². The van der Waals surface area contributed by atoms with Gasteiger partial charge in [-0.15, -0.1) is 0 Å². The van der Waals surface area contributed by atoms with Gasteiger partial charge in [-0.3, -0.25) is 0 Å². The molecule has 2 heterocycles. The van der Waals surface area contributed by atoms with Crippen molar-refractivity contribution in [2.75, 3.05) is 18.4 Å². The number of piperidine rings is 1. The van der Waals surface area contributed by atoms with Crippen molar-refractivity contribution in [2.45, 2.75) is 36.9 Å². The minimum Gasteiger partial charge on any atom is -0.367 e. The molecule has 0 bridgehead atoms. The van der Waals surface area contributed by atoms with E-state index in [2.05, 4.69) is 15.3 Å². The van der Waals surface area contributed by atoms with Crippen molar-refractivity contribution in [2.24, 2.45) is 0 Å². The third-order valence-corrected chi connectivity index (χ3v) is 6.38. The summed E-state index contributed by atoms with van der Waals surface area (Å²) in [6.07, 6.45) is -2.35. The summed E-state index contributed by atoms with van der Waals surface area (Å²) in [4.78, 5) is 7.42. The maximum Gasteiger partial charge on any atom is 0.417 e. The number of benzene rings is 1. The summed E-state index contributed by atoms with van der Waals surface area (Å²) in [6.45, 7) is 2.10. The molecule has 1 N–H and O–H groups in total. The van der Waals surface area contributed by atoms with Crippen LogP contribution in [-0.4, -0.2) is 41.8 Å². The van der Waals surface area contributed by atoms with Gasteiger partial charge in [0.2, 0.25) is 10.0 Å². The van der Waals surface area contributed by atoms with E-state index in [1.807, 2.05) is 6.92 Å². The standard InChI is InChI=1S/C17H19F3N4O2S/c1-12-10-16(22-11-21-12)23-13-6-8-24(9-7-13)27(25,26)15-5-3-2-4-14(15)17(18,19)20/h2-5,10-11,13H,6-9H2,1H3,(H,21,22,23). The van der Waals surface area contributed by atoms with Gasteiger partial charge >= 0.3 is 6.18 Å². The van der Waals surface area contributed by atoms with E-state index in [9.17, 15) is 21.6 Å². The van der Waals surface area contributed by atoms with Crippen LogP contribution in [0.15, 0.2) is 41.6 Å². The minimum absolute atomic E-state index is 0.0105. The number of hydrogen-bond donors (Lipinski definition) is 1. The summed E-state index contributed by atoms with van der Waals surface area (Å²) in [7, 11) is -4.22. The fourth-order valence-electron chi connectivity index (χ4n) is 3.05. The summed E-state index contributed by atoms with van der Waals surface area (Å²) in [5, 5.41) is 3.22. The van der Waals surface area contributed by atoms with Crippen LogP contribution in [0.3, 0.4) is 0 Å². The van der Waals surface area contributed by atoms with Crippen LogP contribution in [0.4, 0.5) is 19.0 Å². The normalized spacial score (nSPS) is 17.0. The first kappa shape index (κ1) is 19.6. The topological polar surface area (TPSA) is 75.2 Å². The average molecular weight is 400 g/mol. The maximum atomic E-state index is 13.2. The first-order valence-corrected chi connectivity index (χ1v) is 9.83. The van der Waals surface area contributed by atoms with Crippen LogP contribution in [-0.2, 0) is 16.2 Å². The molecule has 6 nitrogen and oxygen atoms in total. The molecule has 0 saturated carbocycles. The second-order valence-electron chi connectivity index (χ2n) is 6.36. The predicted molar refractivity (Wildman–Crippen MR) is 93.6 cm³/mol. The lowest BCUT2D eigenvalue weighted by Gasteiger charge is -2.32. The fraction of sp³-hybridized carbons (Fsp3) is 0.412. The van der Waals surface area contributed by atoms with Crippen molar-refractivity contribution in [3.05, 3.63) is 47.9 Å². The molecular weight excluding hydrogens is 381 g/mol. The molecule has 1 aromatic carbocycles. The maximum absolute atomic E-state index is 13.2. The summed E-state index contributed by atoms with van der Waals surface area (Å²) in [6, 6.07) is 6.05. The molecule has 1 aliphatic heterocycles. The van der Waals surface area contributed by atoms with Gasteiger partial charge in [-0.2, -0.15) is 17.5 Å². The van der Waals surface area contributed by atoms with E-state index in [0.29, 0.717) is 18.7 Å². The highest BCUT2D eigenvalue weighted by Crippen LogP contribution is 2.35. The number of alkyl halides is 3. The lowest BCUT2D eigenvalue weighted by Crippen LogP contribution is -2.42. The quantitative estimate of drug-likeness (QED) is 0.854. The van der Waals surface area contributed by atoms with Gasteiger partial charge in [-0.25, -0.2) is 18.4 Å². The third-order valence-electron chi connectivity index (χ3n) is 4.42. The highest BCUT2D eigenvalue weighted by molar-refractivity contribution is 7.89. The minimum atomic E-state index is -4.73. The molecule has 27 heavy (non-hydrogen) atoms. The second-order valence-corrected chi connectivity index (χ2v) is 8.27. The lowest BCUT2D eigenvalue weighted by atomic mass is 10.1. The molecule has 1 fully saturated rings. The molecule has 10 heteroatoms. The monoisotopic (exact) mass is 400 g/mol. The zero-order valence-corrected chi connectivity index (χ0v) is 15.4. The Kier molecular flexibility index (Phi) is 5.38. The van der Waals surface area contributed by atoms with E-state index in [4.69, 9.17) is 0 Å². The molecule has 1 saturated heterocycles. The molecule has 1 aromatic heterocycles. The second kappa shape index (κ2) is 7.43. The summed E-state index contributed by atoms with van der Waals surface area (Å²) >= 11 is 0. The average Bonchev–Trinajstić information content (AvgIpc) is 2.61. The molecular formula is C17H19F3N4O2S. The Bertz CT molecular complexity index is 910. The van der Waals surface area contributed by atoms with Gasteiger partial charge in [0.1, 0.15) is 12.1 Å². The van der Waals surface area contributed by atoms with E-state index in [-0.39, 0.29) is 19.1 Å². The van der Waals surface area contributed by atoms with Crippen molar-refractivity contribution < 1.29 is 21.6 Å². The summed E-state index contributed by atoms with van der Waals surface area (Å²) in [5.41, 5.74) is -0.335. The predicted octanol–water partition coefficient (Wildman–Crippen LogP) is 3.07. The van der Waals surface area contributed by atoms with Crippen LogP contribution in [0, 0.1) is 6.92 Å². The van der Waals surface area contributed by atoms with Gasteiger partial charge in [-0.05, 0) is 31.9 Å². The van der Waals surface area contributed by atoms with Crippen molar-refractivity contribution in [3.8, 4) is 0 Å². The van der Waals surface area contributed by atoms with Crippen LogP contribution in [0.5, 0.6) is 0 Å². The van der Waals surface area contributed by atoms with Crippen LogP contribution in [0.1, 0.15) is 24.1 Å². The van der Waals surface area contributed by atoms with Gasteiger partial charge in [0, 0.05) is 30.9 Å². The molecule has 0 amide bonds. The Balaban J connectivity index is 1.72. The Morgan fingerprint density at radius 1 is 1.15 bits per heavy atom. The van der Waals surface area contributed by atoms with Crippen molar-refractivity contribution in [3.63, 3.8) is 0 Å². The summed E-state index contributed by atoms with van der Waals surface area (Å²) in [5.74, 6) is 0.645. The highest BCUT2D eigenvalue weighted by atomic mass is 32.2. The van der Waals surface area contributed by atoms with E-state index in [1.165, 1.54) is 18.5 Å². The first-order valence-electron chi connectivity index (χ1n) is 8.39. The molecule has 3 rings (SSSR count). The van der Waals surface area contributed by atoms with Crippen molar-refractivity contribution in [1.29, 1.82) is 0 Å². The van der Waals surface area contributed by atoms with Crippen LogP contribution in [0.2, 0.25) is 0 Å². The molecule has 0 radical (unpaired) electrons. The van der Waals surface area contributed by atoms with Gasteiger partial charge in [0.15, 0.2) is 0 Å². The molecule has 0 aliphatic carbocycles. The number of hydrogen-bond acceptors (Lipinski definition) is 5. The number of halogens is 3. The van der Waals surface area contributed by atoms with Gasteiger partial charge < -0.3 is 5.32 Å². The zero-order valence-electron chi connectivity index (χ0n) is 14.6. The Labute approximate surface area is 155 Å². The Morgan fingerprint density at radius 2 is 1.81 bits per heavy atom. The SMILES string of the molecule is Cc1cc(NC2CCN(S(=O)(=O)c3ccccc3C(F)(F)F)CC2)ncn1. The molecule has 2 aromatic rings. The third kappa shape index (κ3) is 4.38. The van der Waals surface area contributed by atoms with Crippen LogP contribution >= 0.6 is 0 Å². The number of nitrogens with zero attached hydrogens (tertiary/aromatic N) is 3. The number of anilines is 1. The van der Waals surface area contributed by atoms with E-state index in [1.54, 1.807) is 6.07 Å². The smallest absolute Gasteiger partial charge is 0.367 e. The lowest BCUT2D eigenvalue weighted by molar-refractivity contribution is -0.139. The zero-order chi connectivity index (χ0) is 19.7. The Hall–Kier alpha value is -2.20. The molecule has 0 spiro atoms. The van der Waals surface area contributed by atoms with E-state index in [0.717, 1.165) is 22.1 Å². The van der Waals surface area contributed by atoms with Crippen LogP contribution in [0.25, 0.3) is 0 Å². The number of sulfonamides is 1. The van der Waals surface area contributed by atoms with Crippen LogP contribution < -0.4 is 5.32 Å². The van der Waals surface area contributed by atoms with E-state index < -0.39 is 26.7 Å². The molecule has 1 aliphatic rings. The van der Waals surface area contributed by atoms with Gasteiger partial charge in [0.05, 0.1) is 10.5 Å². The molecule has 0 unspecified atom stereocenters. The number of rotatable bonds is 4. The van der Waals surface area contributed by atoms with Crippen molar-refractivity contribution >= 4 is 15.8 Å². The number of nitrogens with one attached hydrogen (secondary N) is 1. The Morgan fingerprint density at radius 3 is 2.44 bits per heavy atom. The molecule has 146 valence electrons. The first-order chi connectivity index (χ1) is 12.7. The highest BCUT2D eigenvalue weighted by Gasteiger charge is 2.39. The summed E-state index contributed by atoms with van der Waals surface area (Å²) < 4.78 is 66.1. The molecule has 0 atom stereocenters.